The predicted molar refractivity (Wildman–Crippen MR) is 33.6 cm³/mol. The van der Waals surface area contributed by atoms with Gasteiger partial charge in [0.1, 0.15) is 12.2 Å². The van der Waals surface area contributed by atoms with Gasteiger partial charge in [0.25, 0.3) is 5.79 Å². The van der Waals surface area contributed by atoms with Crippen molar-refractivity contribution in [2.75, 3.05) is 6.61 Å². The second-order valence-corrected chi connectivity index (χ2v) is 2.58. The first-order chi connectivity index (χ1) is 4.98. The van der Waals surface area contributed by atoms with E-state index in [2.05, 4.69) is 4.74 Å². The average Bonchev–Trinajstić information content (AvgIpc) is 2.18. The fraction of sp³-hybridized carbons (Fsp3) is 0.833. The van der Waals surface area contributed by atoms with Crippen molar-refractivity contribution in [3.63, 3.8) is 0 Å². The first-order valence-corrected chi connectivity index (χ1v) is 3.22. The highest BCUT2D eigenvalue weighted by molar-refractivity contribution is 5.84. The number of ether oxygens (including phenoxy) is 1. The summed E-state index contributed by atoms with van der Waals surface area (Å²) in [6.07, 6.45) is -2.73. The van der Waals surface area contributed by atoms with E-state index in [1.807, 2.05) is 0 Å². The van der Waals surface area contributed by atoms with Crippen LogP contribution in [0.2, 0.25) is 0 Å². The van der Waals surface area contributed by atoms with Crippen LogP contribution < -0.4 is 0 Å². The minimum Gasteiger partial charge on any atom is -0.388 e. The fourth-order valence-electron chi connectivity index (χ4n) is 0.960. The van der Waals surface area contributed by atoms with Crippen molar-refractivity contribution in [3.05, 3.63) is 0 Å². The Morgan fingerprint density at radius 3 is 2.36 bits per heavy atom. The summed E-state index contributed by atoms with van der Waals surface area (Å²) in [6, 6.07) is 0. The van der Waals surface area contributed by atoms with Crippen molar-refractivity contribution in [2.24, 2.45) is 0 Å². The molecule has 3 N–H and O–H groups in total. The van der Waals surface area contributed by atoms with Crippen molar-refractivity contribution in [1.82, 2.24) is 0 Å². The predicted octanol–water partition coefficient (Wildman–Crippen LogP) is -1.98. The fourth-order valence-corrected chi connectivity index (χ4v) is 0.960. The molecule has 0 spiro atoms. The molecule has 64 valence electrons. The van der Waals surface area contributed by atoms with Gasteiger partial charge in [-0.2, -0.15) is 0 Å². The highest BCUT2D eigenvalue weighted by Crippen LogP contribution is 2.24. The van der Waals surface area contributed by atoms with Crippen LogP contribution in [0.1, 0.15) is 6.92 Å². The van der Waals surface area contributed by atoms with Crippen molar-refractivity contribution in [2.45, 2.75) is 24.9 Å². The first-order valence-electron chi connectivity index (χ1n) is 3.22. The molecule has 1 aliphatic rings. The molecular weight excluding hydrogens is 152 g/mol. The Kier molecular flexibility index (Phi) is 1.98. The summed E-state index contributed by atoms with van der Waals surface area (Å²) in [5.41, 5.74) is 0. The summed E-state index contributed by atoms with van der Waals surface area (Å²) in [6.45, 7) is 0.860. The smallest absolute Gasteiger partial charge is 0.255 e. The van der Waals surface area contributed by atoms with Gasteiger partial charge in [-0.15, -0.1) is 0 Å². The molecule has 0 aromatic heterocycles. The summed E-state index contributed by atoms with van der Waals surface area (Å²) in [4.78, 5) is 10.7. The van der Waals surface area contributed by atoms with E-state index in [4.69, 9.17) is 10.2 Å². The van der Waals surface area contributed by atoms with Crippen LogP contribution in [-0.2, 0) is 9.53 Å². The maximum absolute atomic E-state index is 10.7. The van der Waals surface area contributed by atoms with Crippen molar-refractivity contribution in [3.8, 4) is 0 Å². The molecule has 11 heavy (non-hydrogen) atoms. The van der Waals surface area contributed by atoms with Gasteiger partial charge in [-0.3, -0.25) is 4.79 Å². The molecule has 5 nitrogen and oxygen atoms in total. The van der Waals surface area contributed by atoms with E-state index in [-0.39, 0.29) is 6.61 Å². The third-order valence-electron chi connectivity index (χ3n) is 1.74. The molecule has 0 saturated carbocycles. The maximum atomic E-state index is 10.7. The van der Waals surface area contributed by atoms with Crippen molar-refractivity contribution in [1.29, 1.82) is 0 Å². The molecule has 5 heteroatoms. The topological polar surface area (TPSA) is 87.0 Å². The SMILES string of the molecule is CC(=O)[C@]1(O)OC[C@@H](O)[C@H]1O. The maximum Gasteiger partial charge on any atom is 0.255 e. The number of aliphatic hydroxyl groups excluding tert-OH is 2. The quantitative estimate of drug-likeness (QED) is 0.415. The summed E-state index contributed by atoms with van der Waals surface area (Å²) < 4.78 is 4.53. The molecule has 1 saturated heterocycles. The minimum atomic E-state index is -2.21. The van der Waals surface area contributed by atoms with Crippen LogP contribution >= 0.6 is 0 Å². The molecular formula is C6H10O5. The molecule has 0 aromatic carbocycles. The Hall–Kier alpha value is -0.490. The lowest BCUT2D eigenvalue weighted by atomic mass is 10.1. The van der Waals surface area contributed by atoms with Crippen LogP contribution in [-0.4, -0.2) is 45.7 Å². The van der Waals surface area contributed by atoms with Gasteiger partial charge in [0.05, 0.1) is 6.61 Å². The van der Waals surface area contributed by atoms with E-state index < -0.39 is 23.8 Å². The molecule has 1 rings (SSSR count). The molecule has 3 atom stereocenters. The van der Waals surface area contributed by atoms with Crippen LogP contribution in [0.4, 0.5) is 0 Å². The minimum absolute atomic E-state index is 0.225. The van der Waals surface area contributed by atoms with Crippen LogP contribution in [0.3, 0.4) is 0 Å². The largest absolute Gasteiger partial charge is 0.388 e. The van der Waals surface area contributed by atoms with Crippen molar-refractivity contribution >= 4 is 5.78 Å². The number of ketones is 1. The van der Waals surface area contributed by atoms with Gasteiger partial charge in [0.2, 0.25) is 0 Å². The van der Waals surface area contributed by atoms with Crippen LogP contribution in [0.25, 0.3) is 0 Å². The molecule has 1 aliphatic heterocycles. The Morgan fingerprint density at radius 2 is 2.18 bits per heavy atom. The summed E-state index contributed by atoms with van der Waals surface area (Å²) in [7, 11) is 0. The van der Waals surface area contributed by atoms with E-state index in [1.165, 1.54) is 0 Å². The van der Waals surface area contributed by atoms with Gasteiger partial charge >= 0.3 is 0 Å². The van der Waals surface area contributed by atoms with Gasteiger partial charge in [-0.05, 0) is 0 Å². The molecule has 0 bridgehead atoms. The van der Waals surface area contributed by atoms with Gasteiger partial charge in [-0.25, -0.2) is 0 Å². The Bertz CT molecular complexity index is 180. The van der Waals surface area contributed by atoms with Crippen LogP contribution in [0.5, 0.6) is 0 Å². The van der Waals surface area contributed by atoms with Crippen LogP contribution in [0, 0.1) is 0 Å². The van der Waals surface area contributed by atoms with Crippen LogP contribution in [0.15, 0.2) is 0 Å². The third kappa shape index (κ3) is 1.16. The molecule has 0 aliphatic carbocycles. The summed E-state index contributed by atoms with van der Waals surface area (Å²) in [5.74, 6) is -2.92. The second kappa shape index (κ2) is 2.53. The standard InChI is InChI=1S/C6H10O5/c1-3(7)6(10)5(9)4(8)2-11-6/h4-5,8-10H,2H2,1H3/t4-,5-,6+/m1/s1. The van der Waals surface area contributed by atoms with Gasteiger partial charge < -0.3 is 20.1 Å². The Labute approximate surface area is 63.2 Å². The zero-order valence-corrected chi connectivity index (χ0v) is 6.02. The van der Waals surface area contributed by atoms with Gasteiger partial charge in [0.15, 0.2) is 5.78 Å². The number of hydrogen-bond acceptors (Lipinski definition) is 5. The lowest BCUT2D eigenvalue weighted by molar-refractivity contribution is -0.211. The molecule has 1 fully saturated rings. The molecule has 0 radical (unpaired) electrons. The molecule has 0 amide bonds. The lowest BCUT2D eigenvalue weighted by Crippen LogP contribution is -2.48. The van der Waals surface area contributed by atoms with Gasteiger partial charge in [-0.1, -0.05) is 0 Å². The number of rotatable bonds is 1. The molecule has 0 unspecified atom stereocenters. The summed E-state index contributed by atoms with van der Waals surface area (Å²) in [5, 5.41) is 27.2. The normalized spacial score (nSPS) is 44.4. The number of aliphatic hydroxyl groups is 3. The van der Waals surface area contributed by atoms with E-state index in [0.717, 1.165) is 6.92 Å². The zero-order chi connectivity index (χ0) is 8.65. The Balaban J connectivity index is 2.81. The number of carbonyl (C=O) groups excluding carboxylic acids is 1. The van der Waals surface area contributed by atoms with E-state index in [1.54, 1.807) is 0 Å². The first kappa shape index (κ1) is 8.61. The zero-order valence-electron chi connectivity index (χ0n) is 6.02. The summed E-state index contributed by atoms with van der Waals surface area (Å²) >= 11 is 0. The van der Waals surface area contributed by atoms with Crippen molar-refractivity contribution < 1.29 is 24.9 Å². The number of Topliss-reactive ketones (excluding diaryl/α,β-unsaturated/α-hetero) is 1. The monoisotopic (exact) mass is 162 g/mol. The highest BCUT2D eigenvalue weighted by Gasteiger charge is 2.51. The Morgan fingerprint density at radius 1 is 1.64 bits per heavy atom. The third-order valence-corrected chi connectivity index (χ3v) is 1.74. The number of hydrogen-bond donors (Lipinski definition) is 3. The van der Waals surface area contributed by atoms with E-state index in [9.17, 15) is 9.90 Å². The van der Waals surface area contributed by atoms with Gasteiger partial charge in [0, 0.05) is 6.92 Å². The lowest BCUT2D eigenvalue weighted by Gasteiger charge is -2.21. The average molecular weight is 162 g/mol. The number of carbonyl (C=O) groups is 1. The molecule has 0 aromatic rings. The van der Waals surface area contributed by atoms with E-state index in [0.29, 0.717) is 0 Å². The van der Waals surface area contributed by atoms with E-state index >= 15 is 0 Å². The molecule has 1 heterocycles. The highest BCUT2D eigenvalue weighted by atomic mass is 16.7. The second-order valence-electron chi connectivity index (χ2n) is 2.58.